The van der Waals surface area contributed by atoms with Crippen molar-refractivity contribution in [3.8, 4) is 0 Å². The number of thioether (sulfide) groups is 1. The molecule has 108 valence electrons. The number of carbonyl (C=O) groups is 1. The number of amides is 1. The number of hydrogen-bond donors (Lipinski definition) is 0. The van der Waals surface area contributed by atoms with Crippen LogP contribution in [0.1, 0.15) is 18.7 Å². The highest BCUT2D eigenvalue weighted by molar-refractivity contribution is 7.99. The minimum absolute atomic E-state index is 0.156. The Kier molecular flexibility index (Phi) is 3.45. The normalized spacial score (nSPS) is 17.6. The molecule has 2 aromatic heterocycles. The van der Waals surface area contributed by atoms with Crippen LogP contribution < -0.4 is 0 Å². The van der Waals surface area contributed by atoms with E-state index >= 15 is 0 Å². The van der Waals surface area contributed by atoms with Crippen molar-refractivity contribution in [2.75, 3.05) is 24.6 Å². The zero-order chi connectivity index (χ0) is 14.3. The van der Waals surface area contributed by atoms with E-state index in [2.05, 4.69) is 10.2 Å². The summed E-state index contributed by atoms with van der Waals surface area (Å²) in [5.41, 5.74) is 2.74. The lowest BCUT2D eigenvalue weighted by Crippen LogP contribution is -2.41. The van der Waals surface area contributed by atoms with E-state index in [1.807, 2.05) is 48.4 Å². The number of aryl methyl sites for hydroxylation is 2. The quantitative estimate of drug-likeness (QED) is 0.835. The molecule has 1 aliphatic heterocycles. The largest absolute Gasteiger partial charge is 0.339 e. The molecule has 1 amide bonds. The van der Waals surface area contributed by atoms with Crippen LogP contribution in [0.15, 0.2) is 6.20 Å². The van der Waals surface area contributed by atoms with E-state index in [0.29, 0.717) is 0 Å². The van der Waals surface area contributed by atoms with E-state index in [1.165, 1.54) is 0 Å². The molecule has 0 N–H and O–H groups in total. The second kappa shape index (κ2) is 5.12. The highest BCUT2D eigenvalue weighted by Crippen LogP contribution is 2.20. The molecule has 20 heavy (non-hydrogen) atoms. The van der Waals surface area contributed by atoms with Crippen LogP contribution >= 0.6 is 11.8 Å². The fourth-order valence-electron chi connectivity index (χ4n) is 2.56. The lowest BCUT2D eigenvalue weighted by molar-refractivity contribution is -0.134. The standard InChI is InChI=1S/C13H19N5OS/c1-9-12-11(16(3)14-9)8-18(15-12)10(2)13(19)17-4-6-20-7-5-17/h8,10H,4-7H2,1-3H3. The van der Waals surface area contributed by atoms with Crippen LogP contribution in [0, 0.1) is 6.92 Å². The minimum atomic E-state index is -0.259. The first-order chi connectivity index (χ1) is 9.58. The SMILES string of the molecule is Cc1nn(C)c2cn(C(C)C(=O)N3CCSCC3)nc12. The summed E-state index contributed by atoms with van der Waals surface area (Å²) in [6, 6.07) is -0.259. The molecule has 0 saturated carbocycles. The van der Waals surface area contributed by atoms with Gasteiger partial charge >= 0.3 is 0 Å². The zero-order valence-electron chi connectivity index (χ0n) is 12.0. The van der Waals surface area contributed by atoms with Crippen LogP contribution in [0.25, 0.3) is 11.0 Å². The third-order valence-corrected chi connectivity index (χ3v) is 4.72. The predicted molar refractivity (Wildman–Crippen MR) is 79.9 cm³/mol. The van der Waals surface area contributed by atoms with E-state index in [4.69, 9.17) is 0 Å². The highest BCUT2D eigenvalue weighted by atomic mass is 32.2. The molecule has 3 heterocycles. The molecule has 7 heteroatoms. The molecule has 3 rings (SSSR count). The first kappa shape index (κ1) is 13.5. The molecule has 1 aliphatic rings. The fourth-order valence-corrected chi connectivity index (χ4v) is 3.47. The van der Waals surface area contributed by atoms with Gasteiger partial charge in [-0.1, -0.05) is 0 Å². The molecular formula is C13H19N5OS. The Morgan fingerprint density at radius 3 is 2.70 bits per heavy atom. The lowest BCUT2D eigenvalue weighted by atomic mass is 10.3. The van der Waals surface area contributed by atoms with Gasteiger partial charge in [-0.05, 0) is 13.8 Å². The Labute approximate surface area is 122 Å². The van der Waals surface area contributed by atoms with Gasteiger partial charge in [-0.3, -0.25) is 14.2 Å². The summed E-state index contributed by atoms with van der Waals surface area (Å²) >= 11 is 1.90. The van der Waals surface area contributed by atoms with Gasteiger partial charge in [-0.2, -0.15) is 22.0 Å². The summed E-state index contributed by atoms with van der Waals surface area (Å²) in [4.78, 5) is 14.4. The van der Waals surface area contributed by atoms with Gasteiger partial charge in [0.05, 0.1) is 11.9 Å². The molecular weight excluding hydrogens is 274 g/mol. The van der Waals surface area contributed by atoms with Gasteiger partial charge in [0.1, 0.15) is 17.1 Å². The Balaban J connectivity index is 1.86. The van der Waals surface area contributed by atoms with Crippen molar-refractivity contribution >= 4 is 28.7 Å². The fraction of sp³-hybridized carbons (Fsp3) is 0.615. The van der Waals surface area contributed by atoms with Gasteiger partial charge in [0.15, 0.2) is 0 Å². The summed E-state index contributed by atoms with van der Waals surface area (Å²) in [7, 11) is 1.90. The number of fused-ring (bicyclic) bond motifs is 1. The van der Waals surface area contributed by atoms with Gasteiger partial charge in [0, 0.05) is 31.6 Å². The Bertz CT molecular complexity index is 606. The second-order valence-electron chi connectivity index (χ2n) is 5.17. The second-order valence-corrected chi connectivity index (χ2v) is 6.39. The van der Waals surface area contributed by atoms with E-state index in [1.54, 1.807) is 4.68 Å². The lowest BCUT2D eigenvalue weighted by Gasteiger charge is -2.28. The summed E-state index contributed by atoms with van der Waals surface area (Å²) in [5.74, 6) is 2.22. The van der Waals surface area contributed by atoms with E-state index in [9.17, 15) is 4.79 Å². The molecule has 1 unspecified atom stereocenters. The molecule has 0 aromatic carbocycles. The van der Waals surface area contributed by atoms with Gasteiger partial charge in [0.2, 0.25) is 5.91 Å². The van der Waals surface area contributed by atoms with Crippen molar-refractivity contribution in [1.82, 2.24) is 24.5 Å². The Hall–Kier alpha value is -1.50. The first-order valence-corrected chi connectivity index (χ1v) is 7.98. The number of aromatic nitrogens is 4. The number of carbonyl (C=O) groups excluding carboxylic acids is 1. The van der Waals surface area contributed by atoms with Crippen molar-refractivity contribution in [3.05, 3.63) is 11.9 Å². The van der Waals surface area contributed by atoms with Gasteiger partial charge in [0.25, 0.3) is 0 Å². The molecule has 1 atom stereocenters. The third-order valence-electron chi connectivity index (χ3n) is 3.78. The van der Waals surface area contributed by atoms with E-state index in [0.717, 1.165) is 41.3 Å². The highest BCUT2D eigenvalue weighted by Gasteiger charge is 2.25. The molecule has 0 radical (unpaired) electrons. The molecule has 1 saturated heterocycles. The smallest absolute Gasteiger partial charge is 0.247 e. The van der Waals surface area contributed by atoms with E-state index < -0.39 is 0 Å². The summed E-state index contributed by atoms with van der Waals surface area (Å²) in [6.07, 6.45) is 1.91. The van der Waals surface area contributed by atoms with Crippen LogP contribution in [-0.2, 0) is 11.8 Å². The predicted octanol–water partition coefficient (Wildman–Crippen LogP) is 1.21. The van der Waals surface area contributed by atoms with Crippen LogP contribution in [-0.4, -0.2) is 55.0 Å². The van der Waals surface area contributed by atoms with Crippen LogP contribution in [0.3, 0.4) is 0 Å². The molecule has 2 aromatic rings. The van der Waals surface area contributed by atoms with Gasteiger partial charge in [-0.15, -0.1) is 0 Å². The molecule has 0 aliphatic carbocycles. The maximum Gasteiger partial charge on any atom is 0.247 e. The minimum Gasteiger partial charge on any atom is -0.339 e. The maximum atomic E-state index is 12.5. The zero-order valence-corrected chi connectivity index (χ0v) is 12.9. The van der Waals surface area contributed by atoms with Crippen molar-refractivity contribution in [2.45, 2.75) is 19.9 Å². The van der Waals surface area contributed by atoms with Crippen molar-refractivity contribution < 1.29 is 4.79 Å². The molecule has 6 nitrogen and oxygen atoms in total. The number of nitrogens with zero attached hydrogens (tertiary/aromatic N) is 5. The van der Waals surface area contributed by atoms with Crippen LogP contribution in [0.5, 0.6) is 0 Å². The number of hydrogen-bond acceptors (Lipinski definition) is 4. The third kappa shape index (κ3) is 2.19. The van der Waals surface area contributed by atoms with Crippen molar-refractivity contribution in [2.24, 2.45) is 7.05 Å². The van der Waals surface area contributed by atoms with Gasteiger partial charge < -0.3 is 4.90 Å². The van der Waals surface area contributed by atoms with Gasteiger partial charge in [-0.25, -0.2) is 0 Å². The summed E-state index contributed by atoms with van der Waals surface area (Å²) in [5, 5.41) is 8.86. The topological polar surface area (TPSA) is 56.0 Å². The molecule has 0 spiro atoms. The van der Waals surface area contributed by atoms with Crippen LogP contribution in [0.2, 0.25) is 0 Å². The Morgan fingerprint density at radius 2 is 2.05 bits per heavy atom. The number of rotatable bonds is 2. The van der Waals surface area contributed by atoms with Crippen molar-refractivity contribution in [1.29, 1.82) is 0 Å². The van der Waals surface area contributed by atoms with Crippen LogP contribution in [0.4, 0.5) is 0 Å². The van der Waals surface area contributed by atoms with E-state index in [-0.39, 0.29) is 11.9 Å². The monoisotopic (exact) mass is 293 g/mol. The summed E-state index contributed by atoms with van der Waals surface area (Å²) in [6.45, 7) is 5.54. The average Bonchev–Trinajstić information content (AvgIpc) is 3.01. The average molecular weight is 293 g/mol. The Morgan fingerprint density at radius 1 is 1.35 bits per heavy atom. The first-order valence-electron chi connectivity index (χ1n) is 6.83. The molecule has 0 bridgehead atoms. The maximum absolute atomic E-state index is 12.5. The summed E-state index contributed by atoms with van der Waals surface area (Å²) < 4.78 is 3.58. The molecule has 1 fully saturated rings. The van der Waals surface area contributed by atoms with Crippen molar-refractivity contribution in [3.63, 3.8) is 0 Å².